The van der Waals surface area contributed by atoms with E-state index in [1.54, 1.807) is 6.07 Å². The van der Waals surface area contributed by atoms with E-state index in [2.05, 4.69) is 16.0 Å². The molecule has 0 atom stereocenters. The fourth-order valence-corrected chi connectivity index (χ4v) is 2.70. The first-order valence-electron chi connectivity index (χ1n) is 6.68. The number of hydrogen-bond acceptors (Lipinski definition) is 3. The maximum Gasteiger partial charge on any atom is 0.337 e. The van der Waals surface area contributed by atoms with E-state index >= 15 is 0 Å². The number of esters is 1. The van der Waals surface area contributed by atoms with Crippen molar-refractivity contribution in [2.75, 3.05) is 20.2 Å². The Morgan fingerprint density at radius 2 is 2.11 bits per heavy atom. The third kappa shape index (κ3) is 2.49. The zero-order valence-electron chi connectivity index (χ0n) is 11.1. The van der Waals surface area contributed by atoms with E-state index in [0.717, 1.165) is 17.4 Å². The number of hydrogen-bond donors (Lipinski definition) is 1. The molecule has 0 bridgehead atoms. The molecule has 1 saturated heterocycles. The number of aromatic amines is 1. The van der Waals surface area contributed by atoms with Crippen LogP contribution in [0.2, 0.25) is 0 Å². The molecular weight excluding hydrogens is 240 g/mol. The van der Waals surface area contributed by atoms with Gasteiger partial charge in [-0.2, -0.15) is 0 Å². The number of methoxy groups -OCH3 is 1. The van der Waals surface area contributed by atoms with Crippen LogP contribution in [0.1, 0.15) is 28.9 Å². The average molecular weight is 258 g/mol. The lowest BCUT2D eigenvalue weighted by atomic mass is 10.1. The number of rotatable bonds is 3. The number of aromatic nitrogens is 1. The van der Waals surface area contributed by atoms with Crippen molar-refractivity contribution in [1.29, 1.82) is 0 Å². The maximum absolute atomic E-state index is 11.5. The lowest BCUT2D eigenvalue weighted by Crippen LogP contribution is -2.18. The predicted octanol–water partition coefficient (Wildman–Crippen LogP) is 2.55. The van der Waals surface area contributed by atoms with Gasteiger partial charge in [0.05, 0.1) is 12.7 Å². The number of nitrogens with one attached hydrogen (secondary N) is 1. The van der Waals surface area contributed by atoms with Crippen molar-refractivity contribution >= 4 is 16.9 Å². The van der Waals surface area contributed by atoms with Gasteiger partial charge in [-0.15, -0.1) is 0 Å². The molecular formula is C15H18N2O2. The average Bonchev–Trinajstić information content (AvgIpc) is 3.05. The van der Waals surface area contributed by atoms with E-state index in [4.69, 9.17) is 4.74 Å². The predicted molar refractivity (Wildman–Crippen MR) is 74.1 cm³/mol. The smallest absolute Gasteiger partial charge is 0.337 e. The Hall–Kier alpha value is -1.81. The molecule has 4 heteroatoms. The van der Waals surface area contributed by atoms with Crippen molar-refractivity contribution in [1.82, 2.24) is 9.88 Å². The fraction of sp³-hybridized carbons (Fsp3) is 0.400. The van der Waals surface area contributed by atoms with E-state index in [1.165, 1.54) is 38.7 Å². The molecule has 1 aromatic heterocycles. The van der Waals surface area contributed by atoms with Crippen LogP contribution in [-0.2, 0) is 11.3 Å². The quantitative estimate of drug-likeness (QED) is 0.861. The summed E-state index contributed by atoms with van der Waals surface area (Å²) in [5.41, 5.74) is 2.88. The first-order chi connectivity index (χ1) is 9.26. The molecule has 19 heavy (non-hydrogen) atoms. The van der Waals surface area contributed by atoms with Crippen molar-refractivity contribution in [3.8, 4) is 0 Å². The molecule has 0 aliphatic carbocycles. The van der Waals surface area contributed by atoms with Crippen molar-refractivity contribution in [3.05, 3.63) is 35.5 Å². The van der Waals surface area contributed by atoms with Gasteiger partial charge in [0.15, 0.2) is 0 Å². The molecule has 2 heterocycles. The number of likely N-dealkylation sites (tertiary alicyclic amines) is 1. The summed E-state index contributed by atoms with van der Waals surface area (Å²) in [5.74, 6) is -0.288. The molecule has 0 spiro atoms. The van der Waals surface area contributed by atoms with Crippen LogP contribution in [0.15, 0.2) is 24.3 Å². The number of fused-ring (bicyclic) bond motifs is 1. The Morgan fingerprint density at radius 1 is 1.32 bits per heavy atom. The third-order valence-electron chi connectivity index (χ3n) is 3.69. The lowest BCUT2D eigenvalue weighted by Gasteiger charge is -2.12. The minimum Gasteiger partial charge on any atom is -0.465 e. The lowest BCUT2D eigenvalue weighted by molar-refractivity contribution is 0.0601. The number of benzene rings is 1. The summed E-state index contributed by atoms with van der Waals surface area (Å²) in [6, 6.07) is 7.74. The van der Waals surface area contributed by atoms with Crippen molar-refractivity contribution in [3.63, 3.8) is 0 Å². The van der Waals surface area contributed by atoms with E-state index in [1.807, 2.05) is 12.1 Å². The van der Waals surface area contributed by atoms with E-state index in [9.17, 15) is 4.79 Å². The summed E-state index contributed by atoms with van der Waals surface area (Å²) >= 11 is 0. The number of nitrogens with zero attached hydrogens (tertiary/aromatic N) is 1. The second-order valence-corrected chi connectivity index (χ2v) is 5.07. The minimum absolute atomic E-state index is 0.288. The normalized spacial score (nSPS) is 16.1. The fourth-order valence-electron chi connectivity index (χ4n) is 2.70. The van der Waals surface area contributed by atoms with E-state index in [0.29, 0.717) is 5.56 Å². The molecule has 0 radical (unpaired) electrons. The molecule has 100 valence electrons. The zero-order valence-corrected chi connectivity index (χ0v) is 11.1. The molecule has 0 unspecified atom stereocenters. The standard InChI is InChI=1S/C15H18N2O2/c1-19-15(18)11-4-5-14-12(8-11)9-13(16-14)10-17-6-2-3-7-17/h4-5,8-9,16H,2-3,6-7,10H2,1H3. The molecule has 1 fully saturated rings. The Balaban J connectivity index is 1.85. The van der Waals surface area contributed by atoms with Crippen molar-refractivity contribution < 1.29 is 9.53 Å². The Morgan fingerprint density at radius 3 is 2.84 bits per heavy atom. The molecule has 1 aliphatic rings. The van der Waals surface area contributed by atoms with Gasteiger partial charge in [-0.3, -0.25) is 4.90 Å². The van der Waals surface area contributed by atoms with E-state index in [-0.39, 0.29) is 5.97 Å². The highest BCUT2D eigenvalue weighted by Crippen LogP contribution is 2.20. The molecule has 3 rings (SSSR count). The van der Waals surface area contributed by atoms with Crippen LogP contribution in [0.4, 0.5) is 0 Å². The van der Waals surface area contributed by atoms with Gasteiger partial charge in [0.25, 0.3) is 0 Å². The first kappa shape index (κ1) is 12.2. The maximum atomic E-state index is 11.5. The largest absolute Gasteiger partial charge is 0.465 e. The van der Waals surface area contributed by atoms with Crippen LogP contribution >= 0.6 is 0 Å². The summed E-state index contributed by atoms with van der Waals surface area (Å²) in [6.45, 7) is 3.33. The molecule has 2 aromatic rings. The molecule has 1 aromatic carbocycles. The highest BCUT2D eigenvalue weighted by molar-refractivity contribution is 5.94. The van der Waals surface area contributed by atoms with Crippen LogP contribution in [0, 0.1) is 0 Å². The number of H-pyrrole nitrogens is 1. The van der Waals surface area contributed by atoms with Crippen LogP contribution in [0.25, 0.3) is 10.9 Å². The number of carbonyl (C=O) groups excluding carboxylic acids is 1. The van der Waals surface area contributed by atoms with Crippen LogP contribution in [-0.4, -0.2) is 36.1 Å². The molecule has 4 nitrogen and oxygen atoms in total. The van der Waals surface area contributed by atoms with Gasteiger partial charge >= 0.3 is 5.97 Å². The van der Waals surface area contributed by atoms with Gasteiger partial charge in [0, 0.05) is 23.1 Å². The van der Waals surface area contributed by atoms with Crippen LogP contribution in [0.3, 0.4) is 0 Å². The van der Waals surface area contributed by atoms with Crippen molar-refractivity contribution in [2.45, 2.75) is 19.4 Å². The SMILES string of the molecule is COC(=O)c1ccc2[nH]c(CN3CCCC3)cc2c1. The second-order valence-electron chi connectivity index (χ2n) is 5.07. The zero-order chi connectivity index (χ0) is 13.2. The molecule has 0 saturated carbocycles. The Bertz CT molecular complexity index is 597. The van der Waals surface area contributed by atoms with Crippen molar-refractivity contribution in [2.24, 2.45) is 0 Å². The van der Waals surface area contributed by atoms with E-state index < -0.39 is 0 Å². The first-order valence-corrected chi connectivity index (χ1v) is 6.68. The van der Waals surface area contributed by atoms with Gasteiger partial charge in [0.1, 0.15) is 0 Å². The molecule has 0 amide bonds. The Kier molecular flexibility index (Phi) is 3.25. The van der Waals surface area contributed by atoms with Gasteiger partial charge in [-0.05, 0) is 50.2 Å². The van der Waals surface area contributed by atoms with Gasteiger partial charge in [-0.1, -0.05) is 0 Å². The van der Waals surface area contributed by atoms with Gasteiger partial charge < -0.3 is 9.72 Å². The highest BCUT2D eigenvalue weighted by atomic mass is 16.5. The van der Waals surface area contributed by atoms with Gasteiger partial charge in [0.2, 0.25) is 0 Å². The monoisotopic (exact) mass is 258 g/mol. The second kappa shape index (κ2) is 5.05. The highest BCUT2D eigenvalue weighted by Gasteiger charge is 2.13. The summed E-state index contributed by atoms with van der Waals surface area (Å²) in [4.78, 5) is 17.4. The molecule has 1 N–H and O–H groups in total. The summed E-state index contributed by atoms with van der Waals surface area (Å²) in [5, 5.41) is 1.07. The topological polar surface area (TPSA) is 45.3 Å². The van der Waals surface area contributed by atoms with Crippen LogP contribution < -0.4 is 0 Å². The number of ether oxygens (including phenoxy) is 1. The van der Waals surface area contributed by atoms with Gasteiger partial charge in [-0.25, -0.2) is 4.79 Å². The summed E-state index contributed by atoms with van der Waals surface area (Å²) < 4.78 is 4.74. The minimum atomic E-state index is -0.288. The molecule has 1 aliphatic heterocycles. The summed E-state index contributed by atoms with van der Waals surface area (Å²) in [6.07, 6.45) is 2.60. The third-order valence-corrected chi connectivity index (χ3v) is 3.69. The Labute approximate surface area is 112 Å². The number of carbonyl (C=O) groups is 1. The van der Waals surface area contributed by atoms with Crippen LogP contribution in [0.5, 0.6) is 0 Å². The summed E-state index contributed by atoms with van der Waals surface area (Å²) in [7, 11) is 1.41.